The van der Waals surface area contributed by atoms with Crippen molar-refractivity contribution in [2.45, 2.75) is 24.4 Å². The Morgan fingerprint density at radius 2 is 1.91 bits per heavy atom. The van der Waals surface area contributed by atoms with Crippen LogP contribution in [0.15, 0.2) is 29.4 Å². The molecule has 1 N–H and O–H groups in total. The van der Waals surface area contributed by atoms with Crippen LogP contribution in [-0.2, 0) is 16.9 Å². The van der Waals surface area contributed by atoms with Gasteiger partial charge in [0.1, 0.15) is 5.82 Å². The lowest BCUT2D eigenvalue weighted by molar-refractivity contribution is 0.284. The number of nitrogens with zero attached hydrogens (tertiary/aromatic N) is 3. The second-order valence-corrected chi connectivity index (χ2v) is 6.95. The molecule has 6 nitrogen and oxygen atoms in total. The van der Waals surface area contributed by atoms with Crippen molar-refractivity contribution in [1.82, 2.24) is 14.8 Å². The van der Waals surface area contributed by atoms with Gasteiger partial charge in [-0.2, -0.15) is 0 Å². The van der Waals surface area contributed by atoms with E-state index in [9.17, 15) is 12.8 Å². The highest BCUT2D eigenvalue weighted by atomic mass is 32.2. The van der Waals surface area contributed by atoms with Crippen molar-refractivity contribution in [3.8, 4) is 11.4 Å². The Morgan fingerprint density at radius 3 is 2.59 bits per heavy atom. The normalized spacial score (nSPS) is 11.8. The summed E-state index contributed by atoms with van der Waals surface area (Å²) in [5.74, 6) is -0.382. The third-order valence-electron chi connectivity index (χ3n) is 3.30. The van der Waals surface area contributed by atoms with Gasteiger partial charge in [0.05, 0.1) is 11.3 Å². The van der Waals surface area contributed by atoms with Gasteiger partial charge in [-0.3, -0.25) is 0 Å². The van der Waals surface area contributed by atoms with Gasteiger partial charge in [0, 0.05) is 13.7 Å². The fourth-order valence-electron chi connectivity index (χ4n) is 2.13. The smallest absolute Gasteiger partial charge is 0.249 e. The lowest BCUT2D eigenvalue weighted by Crippen LogP contribution is -2.13. The van der Waals surface area contributed by atoms with E-state index in [2.05, 4.69) is 10.2 Å². The minimum atomic E-state index is -3.59. The zero-order valence-corrected chi connectivity index (χ0v) is 13.1. The van der Waals surface area contributed by atoms with Gasteiger partial charge in [-0.05, 0) is 25.0 Å². The maximum atomic E-state index is 13.8. The molecule has 0 aliphatic rings. The molecule has 22 heavy (non-hydrogen) atoms. The maximum Gasteiger partial charge on any atom is 0.249 e. The molecule has 120 valence electrons. The molecule has 0 amide bonds. The van der Waals surface area contributed by atoms with Crippen LogP contribution < -0.4 is 0 Å². The summed E-state index contributed by atoms with van der Waals surface area (Å²) in [6.07, 6.45) is 1.62. The number of unbranched alkanes of at least 4 members (excludes halogenated alkanes) is 2. The monoisotopic (exact) mass is 327 g/mol. The second kappa shape index (κ2) is 6.97. The quantitative estimate of drug-likeness (QED) is 0.780. The van der Waals surface area contributed by atoms with E-state index < -0.39 is 15.7 Å². The Bertz CT molecular complexity index is 744. The van der Waals surface area contributed by atoms with Crippen molar-refractivity contribution >= 4 is 9.84 Å². The van der Waals surface area contributed by atoms with Gasteiger partial charge in [0.2, 0.25) is 15.0 Å². The van der Waals surface area contributed by atoms with Gasteiger partial charge < -0.3 is 9.67 Å². The molecule has 1 heterocycles. The average molecular weight is 327 g/mol. The van der Waals surface area contributed by atoms with Crippen LogP contribution in [0.3, 0.4) is 0 Å². The van der Waals surface area contributed by atoms with Crippen LogP contribution in [0.25, 0.3) is 11.4 Å². The van der Waals surface area contributed by atoms with Crippen molar-refractivity contribution in [2.75, 3.05) is 12.4 Å². The van der Waals surface area contributed by atoms with E-state index in [0.29, 0.717) is 19.3 Å². The first-order valence-electron chi connectivity index (χ1n) is 6.95. The molecule has 1 aromatic heterocycles. The van der Waals surface area contributed by atoms with E-state index in [-0.39, 0.29) is 28.9 Å². The van der Waals surface area contributed by atoms with Crippen LogP contribution in [0.1, 0.15) is 19.3 Å². The first kappa shape index (κ1) is 16.6. The maximum absolute atomic E-state index is 13.8. The summed E-state index contributed by atoms with van der Waals surface area (Å²) in [5, 5.41) is 16.1. The van der Waals surface area contributed by atoms with Crippen molar-refractivity contribution in [2.24, 2.45) is 7.05 Å². The van der Waals surface area contributed by atoms with E-state index in [1.165, 1.54) is 23.7 Å². The molecule has 0 bridgehead atoms. The van der Waals surface area contributed by atoms with Crippen LogP contribution in [0.2, 0.25) is 0 Å². The molecule has 2 aromatic rings. The first-order chi connectivity index (χ1) is 10.5. The molecule has 0 aliphatic heterocycles. The number of halogens is 1. The summed E-state index contributed by atoms with van der Waals surface area (Å²) in [5.41, 5.74) is 0.208. The van der Waals surface area contributed by atoms with Gasteiger partial charge in [-0.15, -0.1) is 10.2 Å². The zero-order chi connectivity index (χ0) is 16.2. The molecule has 0 radical (unpaired) electrons. The SMILES string of the molecule is Cn1c(-c2ccccc2F)nnc1S(=O)(=O)CCCCCO. The summed E-state index contributed by atoms with van der Waals surface area (Å²) in [7, 11) is -2.08. The summed E-state index contributed by atoms with van der Waals surface area (Å²) >= 11 is 0. The van der Waals surface area contributed by atoms with Crippen LogP contribution in [0.4, 0.5) is 4.39 Å². The molecule has 8 heteroatoms. The Balaban J connectivity index is 2.26. The first-order valence-corrected chi connectivity index (χ1v) is 8.60. The summed E-state index contributed by atoms with van der Waals surface area (Å²) < 4.78 is 39.6. The predicted molar refractivity (Wildman–Crippen MR) is 79.4 cm³/mol. The van der Waals surface area contributed by atoms with Gasteiger partial charge in [0.25, 0.3) is 0 Å². The Morgan fingerprint density at radius 1 is 1.18 bits per heavy atom. The molecule has 0 saturated carbocycles. The minimum absolute atomic E-state index is 0.0431. The molecule has 0 atom stereocenters. The summed E-state index contributed by atoms with van der Waals surface area (Å²) in [6, 6.07) is 6.01. The van der Waals surface area contributed by atoms with Crippen LogP contribution in [-0.4, -0.2) is 40.6 Å². The fourth-order valence-corrected chi connectivity index (χ4v) is 3.57. The van der Waals surface area contributed by atoms with Crippen molar-refractivity contribution in [1.29, 1.82) is 0 Å². The van der Waals surface area contributed by atoms with Gasteiger partial charge in [-0.1, -0.05) is 18.6 Å². The molecule has 0 saturated heterocycles. The minimum Gasteiger partial charge on any atom is -0.396 e. The van der Waals surface area contributed by atoms with Crippen LogP contribution in [0, 0.1) is 5.82 Å². The van der Waals surface area contributed by atoms with Gasteiger partial charge in [-0.25, -0.2) is 12.8 Å². The second-order valence-electron chi connectivity index (χ2n) is 4.95. The van der Waals surface area contributed by atoms with E-state index >= 15 is 0 Å². The van der Waals surface area contributed by atoms with Crippen molar-refractivity contribution < 1.29 is 17.9 Å². The molecule has 0 aliphatic carbocycles. The molecule has 2 rings (SSSR count). The van der Waals surface area contributed by atoms with Crippen molar-refractivity contribution in [3.63, 3.8) is 0 Å². The van der Waals surface area contributed by atoms with E-state index in [1.54, 1.807) is 12.1 Å². The molecule has 0 spiro atoms. The number of aromatic nitrogens is 3. The number of aliphatic hydroxyl groups is 1. The Hall–Kier alpha value is -1.80. The molecule has 0 fully saturated rings. The Labute approximate surface area is 128 Å². The number of rotatable bonds is 7. The number of benzene rings is 1. The summed E-state index contributed by atoms with van der Waals surface area (Å²) in [6.45, 7) is 0.0431. The highest BCUT2D eigenvalue weighted by Crippen LogP contribution is 2.22. The fraction of sp³-hybridized carbons (Fsp3) is 0.429. The highest BCUT2D eigenvalue weighted by Gasteiger charge is 2.24. The van der Waals surface area contributed by atoms with E-state index in [1.807, 2.05) is 0 Å². The molecule has 0 unspecified atom stereocenters. The topological polar surface area (TPSA) is 85.1 Å². The third-order valence-corrected chi connectivity index (χ3v) is 5.04. The average Bonchev–Trinajstić information content (AvgIpc) is 2.87. The largest absolute Gasteiger partial charge is 0.396 e. The molecular weight excluding hydrogens is 309 g/mol. The summed E-state index contributed by atoms with van der Waals surface area (Å²) in [4.78, 5) is 0. The van der Waals surface area contributed by atoms with E-state index in [0.717, 1.165) is 0 Å². The van der Waals surface area contributed by atoms with E-state index in [4.69, 9.17) is 5.11 Å². The lowest BCUT2D eigenvalue weighted by atomic mass is 10.2. The van der Waals surface area contributed by atoms with Crippen molar-refractivity contribution in [3.05, 3.63) is 30.1 Å². The van der Waals surface area contributed by atoms with Gasteiger partial charge in [0.15, 0.2) is 5.82 Å². The molecular formula is C14H18FN3O3S. The zero-order valence-electron chi connectivity index (χ0n) is 12.2. The van der Waals surface area contributed by atoms with Crippen LogP contribution >= 0.6 is 0 Å². The number of hydrogen-bond donors (Lipinski definition) is 1. The third kappa shape index (κ3) is 3.50. The standard InChI is InChI=1S/C14H18FN3O3S/c1-18-13(11-7-3-4-8-12(11)15)16-17-14(18)22(20,21)10-6-2-5-9-19/h3-4,7-8,19H,2,5-6,9-10H2,1H3. The number of aliphatic hydroxyl groups excluding tert-OH is 1. The highest BCUT2D eigenvalue weighted by molar-refractivity contribution is 7.91. The van der Waals surface area contributed by atoms with Gasteiger partial charge >= 0.3 is 0 Å². The number of hydrogen-bond acceptors (Lipinski definition) is 5. The molecule has 1 aromatic carbocycles. The Kier molecular flexibility index (Phi) is 5.25. The lowest BCUT2D eigenvalue weighted by Gasteiger charge is -2.06. The predicted octanol–water partition coefficient (Wildman–Crippen LogP) is 1.56. The number of sulfone groups is 1. The van der Waals surface area contributed by atoms with Crippen LogP contribution in [0.5, 0.6) is 0 Å².